The summed E-state index contributed by atoms with van der Waals surface area (Å²) in [7, 11) is 0. The summed E-state index contributed by atoms with van der Waals surface area (Å²) in [5.41, 5.74) is 0. The Bertz CT molecular complexity index is 603. The average molecular weight is 539 g/mol. The van der Waals surface area contributed by atoms with Crippen LogP contribution in [0.5, 0.6) is 0 Å². The highest BCUT2D eigenvalue weighted by molar-refractivity contribution is 14.0. The number of nitrogens with one attached hydrogen (secondary N) is 2. The number of guanidine groups is 1. The quantitative estimate of drug-likeness (QED) is 0.165. The Morgan fingerprint density at radius 1 is 1.36 bits per heavy atom. The summed E-state index contributed by atoms with van der Waals surface area (Å²) in [6, 6.07) is 0.444. The van der Waals surface area contributed by atoms with Crippen LogP contribution in [0.1, 0.15) is 26.2 Å². The molecule has 0 unspecified atom stereocenters. The number of halogens is 1. The van der Waals surface area contributed by atoms with Gasteiger partial charge in [0.15, 0.2) is 5.96 Å². The first-order chi connectivity index (χ1) is 13.2. The van der Waals surface area contributed by atoms with E-state index in [2.05, 4.69) is 32.3 Å². The molecule has 2 N–H and O–H groups in total. The highest BCUT2D eigenvalue weighted by Crippen LogP contribution is 2.20. The molecule has 1 aromatic heterocycles. The first-order valence-corrected chi connectivity index (χ1v) is 11.7. The van der Waals surface area contributed by atoms with E-state index in [1.54, 1.807) is 23.1 Å². The van der Waals surface area contributed by atoms with Gasteiger partial charge in [0.1, 0.15) is 4.34 Å². The van der Waals surface area contributed by atoms with E-state index >= 15 is 0 Å². The summed E-state index contributed by atoms with van der Waals surface area (Å²) in [6.45, 7) is 7.96. The minimum absolute atomic E-state index is 0. The Kier molecular flexibility index (Phi) is 10.9. The number of aromatic nitrogens is 1. The number of thioether (sulfide) groups is 1. The molecule has 2 heterocycles. The predicted octanol–water partition coefficient (Wildman–Crippen LogP) is 2.11. The predicted molar refractivity (Wildman–Crippen MR) is 128 cm³/mol. The van der Waals surface area contributed by atoms with Crippen molar-refractivity contribution in [3.8, 4) is 0 Å². The Morgan fingerprint density at radius 2 is 2.14 bits per heavy atom. The maximum atomic E-state index is 12.0. The molecule has 0 bridgehead atoms. The van der Waals surface area contributed by atoms with Crippen LogP contribution in [0, 0.1) is 0 Å². The molecule has 10 heteroatoms. The van der Waals surface area contributed by atoms with Gasteiger partial charge in [0.25, 0.3) is 0 Å². The fourth-order valence-electron chi connectivity index (χ4n) is 2.94. The molecule has 2 aliphatic rings. The van der Waals surface area contributed by atoms with Gasteiger partial charge in [-0.2, -0.15) is 0 Å². The normalized spacial score (nSPS) is 17.9. The van der Waals surface area contributed by atoms with Gasteiger partial charge in [-0.25, -0.2) is 4.98 Å². The summed E-state index contributed by atoms with van der Waals surface area (Å²) >= 11 is 3.49. The molecule has 1 aliphatic carbocycles. The van der Waals surface area contributed by atoms with Crippen molar-refractivity contribution in [3.63, 3.8) is 0 Å². The molecule has 158 valence electrons. The number of rotatable bonds is 9. The van der Waals surface area contributed by atoms with Crippen molar-refractivity contribution < 1.29 is 4.79 Å². The zero-order valence-electron chi connectivity index (χ0n) is 16.4. The molecule has 1 saturated carbocycles. The highest BCUT2D eigenvalue weighted by atomic mass is 127. The first-order valence-electron chi connectivity index (χ1n) is 9.82. The SMILES string of the molecule is CCNC(=NCCCSc1nccs1)N1CCN(CC(=O)NC2CC2)CC1.I. The number of carbonyl (C=O) groups excluding carboxylic acids is 1. The van der Waals surface area contributed by atoms with Crippen molar-refractivity contribution in [1.29, 1.82) is 0 Å². The lowest BCUT2D eigenvalue weighted by Crippen LogP contribution is -2.54. The third kappa shape index (κ3) is 8.42. The number of nitrogens with zero attached hydrogens (tertiary/aromatic N) is 4. The molecule has 28 heavy (non-hydrogen) atoms. The van der Waals surface area contributed by atoms with E-state index in [0.717, 1.165) is 74.6 Å². The lowest BCUT2D eigenvalue weighted by Gasteiger charge is -2.36. The number of carbonyl (C=O) groups is 1. The van der Waals surface area contributed by atoms with Crippen LogP contribution < -0.4 is 10.6 Å². The molecule has 0 aromatic carbocycles. The van der Waals surface area contributed by atoms with Crippen LogP contribution in [0.3, 0.4) is 0 Å². The highest BCUT2D eigenvalue weighted by Gasteiger charge is 2.25. The fourth-order valence-corrected chi connectivity index (χ4v) is 4.57. The van der Waals surface area contributed by atoms with E-state index in [9.17, 15) is 4.79 Å². The summed E-state index contributed by atoms with van der Waals surface area (Å²) < 4.78 is 1.13. The van der Waals surface area contributed by atoms with Gasteiger partial charge in [-0.1, -0.05) is 11.8 Å². The second kappa shape index (κ2) is 12.9. The molecule has 1 aliphatic heterocycles. The van der Waals surface area contributed by atoms with E-state index in [0.29, 0.717) is 12.6 Å². The number of amides is 1. The van der Waals surface area contributed by atoms with Crippen molar-refractivity contribution in [2.75, 3.05) is 51.6 Å². The largest absolute Gasteiger partial charge is 0.357 e. The van der Waals surface area contributed by atoms with Crippen LogP contribution in [-0.2, 0) is 4.79 Å². The Morgan fingerprint density at radius 3 is 2.79 bits per heavy atom. The van der Waals surface area contributed by atoms with Gasteiger partial charge in [0.05, 0.1) is 6.54 Å². The average Bonchev–Trinajstić information content (AvgIpc) is 3.32. The van der Waals surface area contributed by atoms with Crippen LogP contribution in [-0.4, -0.2) is 84.3 Å². The van der Waals surface area contributed by atoms with Gasteiger partial charge in [-0.15, -0.1) is 35.3 Å². The number of hydrogen-bond acceptors (Lipinski definition) is 6. The monoisotopic (exact) mass is 538 g/mol. The first kappa shape index (κ1) is 23.7. The summed E-state index contributed by atoms with van der Waals surface area (Å²) in [4.78, 5) is 25.6. The fraction of sp³-hybridized carbons (Fsp3) is 0.722. The Labute approximate surface area is 193 Å². The zero-order chi connectivity index (χ0) is 18.9. The Balaban J connectivity index is 0.00000280. The third-order valence-corrected chi connectivity index (χ3v) is 6.57. The van der Waals surface area contributed by atoms with Gasteiger partial charge in [-0.05, 0) is 26.2 Å². The maximum absolute atomic E-state index is 12.0. The van der Waals surface area contributed by atoms with Crippen molar-refractivity contribution in [2.24, 2.45) is 4.99 Å². The summed E-state index contributed by atoms with van der Waals surface area (Å²) in [6.07, 6.45) is 5.18. The van der Waals surface area contributed by atoms with Crippen molar-refractivity contribution in [2.45, 2.75) is 36.6 Å². The maximum Gasteiger partial charge on any atom is 0.234 e. The molecule has 7 nitrogen and oxygen atoms in total. The second-order valence-electron chi connectivity index (χ2n) is 6.84. The van der Waals surface area contributed by atoms with Gasteiger partial charge in [0, 0.05) is 62.6 Å². The molecule has 0 spiro atoms. The molecular formula is C18H31IN6OS2. The molecular weight excluding hydrogens is 507 g/mol. The van der Waals surface area contributed by atoms with Crippen molar-refractivity contribution in [3.05, 3.63) is 11.6 Å². The van der Waals surface area contributed by atoms with Gasteiger partial charge < -0.3 is 15.5 Å². The lowest BCUT2D eigenvalue weighted by molar-refractivity contribution is -0.122. The smallest absolute Gasteiger partial charge is 0.234 e. The van der Waals surface area contributed by atoms with Crippen LogP contribution in [0.15, 0.2) is 20.9 Å². The lowest BCUT2D eigenvalue weighted by atomic mass is 10.3. The number of aliphatic imine (C=N–C) groups is 1. The molecule has 1 amide bonds. The number of hydrogen-bond donors (Lipinski definition) is 2. The number of piperazine rings is 1. The molecule has 1 aromatic rings. The number of thiazole rings is 1. The van der Waals surface area contributed by atoms with Crippen LogP contribution in [0.25, 0.3) is 0 Å². The Hall–Kier alpha value is -0.590. The van der Waals surface area contributed by atoms with E-state index in [4.69, 9.17) is 4.99 Å². The van der Waals surface area contributed by atoms with Crippen LogP contribution >= 0.6 is 47.1 Å². The minimum Gasteiger partial charge on any atom is -0.357 e. The van der Waals surface area contributed by atoms with E-state index < -0.39 is 0 Å². The van der Waals surface area contributed by atoms with Crippen LogP contribution in [0.2, 0.25) is 0 Å². The van der Waals surface area contributed by atoms with Gasteiger partial charge >= 0.3 is 0 Å². The third-order valence-electron chi connectivity index (χ3n) is 4.52. The molecule has 2 fully saturated rings. The second-order valence-corrected chi connectivity index (χ2v) is 9.08. The van der Waals surface area contributed by atoms with Gasteiger partial charge in [0.2, 0.25) is 5.91 Å². The summed E-state index contributed by atoms with van der Waals surface area (Å²) in [5, 5.41) is 8.49. The van der Waals surface area contributed by atoms with E-state index in [1.807, 2.05) is 11.6 Å². The summed E-state index contributed by atoms with van der Waals surface area (Å²) in [5.74, 6) is 2.21. The van der Waals surface area contributed by atoms with Crippen LogP contribution in [0.4, 0.5) is 0 Å². The zero-order valence-corrected chi connectivity index (χ0v) is 20.4. The van der Waals surface area contributed by atoms with E-state index in [-0.39, 0.29) is 29.9 Å². The van der Waals surface area contributed by atoms with Crippen molar-refractivity contribution in [1.82, 2.24) is 25.4 Å². The van der Waals surface area contributed by atoms with Crippen molar-refractivity contribution >= 4 is 58.9 Å². The standard InChI is InChI=1S/C18H30N6OS2.HI/c1-2-19-17(20-6-3-12-26-18-21-7-13-27-18)24-10-8-23(9-11-24)14-16(25)22-15-4-5-15;/h7,13,15H,2-6,8-12,14H2,1H3,(H,19,20)(H,22,25);1H. The van der Waals surface area contributed by atoms with E-state index in [1.165, 1.54) is 0 Å². The molecule has 1 saturated heterocycles. The molecule has 0 atom stereocenters. The minimum atomic E-state index is 0. The molecule has 0 radical (unpaired) electrons. The topological polar surface area (TPSA) is 72.9 Å². The van der Waals surface area contributed by atoms with Gasteiger partial charge in [-0.3, -0.25) is 14.7 Å². The molecule has 3 rings (SSSR count).